The number of hydrogen-bond acceptors (Lipinski definition) is 5. The Morgan fingerprint density at radius 1 is 1.30 bits per heavy atom. The second-order valence-electron chi connectivity index (χ2n) is 6.36. The number of rotatable bonds is 6. The molecule has 0 radical (unpaired) electrons. The lowest BCUT2D eigenvalue weighted by molar-refractivity contribution is 0.113. The molecule has 112 valence electrons. The van der Waals surface area contributed by atoms with Crippen molar-refractivity contribution < 1.29 is 4.52 Å². The zero-order valence-electron chi connectivity index (χ0n) is 12.6. The Bertz CT molecular complexity index is 419. The number of nitrogens with zero attached hydrogens (tertiary/aromatic N) is 3. The molecule has 0 spiro atoms. The zero-order valence-corrected chi connectivity index (χ0v) is 12.6. The molecule has 0 unspecified atom stereocenters. The highest BCUT2D eigenvalue weighted by molar-refractivity contribution is 5.05. The summed E-state index contributed by atoms with van der Waals surface area (Å²) in [6.07, 6.45) is 2.82. The molecule has 0 atom stereocenters. The van der Waals surface area contributed by atoms with Gasteiger partial charge in [0.2, 0.25) is 0 Å². The molecule has 3 rings (SSSR count). The van der Waals surface area contributed by atoms with E-state index in [1.54, 1.807) is 0 Å². The average Bonchev–Trinajstić information content (AvgIpc) is 3.19. The molecule has 5 heteroatoms. The largest absolute Gasteiger partial charge is 0.360 e. The van der Waals surface area contributed by atoms with Crippen molar-refractivity contribution in [3.63, 3.8) is 0 Å². The quantitative estimate of drug-likeness (QED) is 0.853. The van der Waals surface area contributed by atoms with Gasteiger partial charge < -0.3 is 9.84 Å². The fourth-order valence-corrected chi connectivity index (χ4v) is 2.77. The molecule has 1 aliphatic heterocycles. The highest BCUT2D eigenvalue weighted by Crippen LogP contribution is 2.27. The average molecular weight is 278 g/mol. The molecule has 1 N–H and O–H groups in total. The van der Waals surface area contributed by atoms with Crippen LogP contribution >= 0.6 is 0 Å². The minimum absolute atomic E-state index is 0.477. The summed E-state index contributed by atoms with van der Waals surface area (Å²) in [5.74, 6) is 0.991. The molecule has 2 heterocycles. The topological polar surface area (TPSA) is 44.5 Å². The minimum atomic E-state index is 0.477. The van der Waals surface area contributed by atoms with E-state index in [-0.39, 0.29) is 0 Å². The van der Waals surface area contributed by atoms with Crippen molar-refractivity contribution in [1.29, 1.82) is 0 Å². The van der Waals surface area contributed by atoms with Crippen molar-refractivity contribution in [2.45, 2.75) is 51.9 Å². The van der Waals surface area contributed by atoms with Crippen LogP contribution < -0.4 is 5.32 Å². The summed E-state index contributed by atoms with van der Waals surface area (Å²) in [6, 6.07) is 3.46. The van der Waals surface area contributed by atoms with Crippen molar-refractivity contribution in [2.24, 2.45) is 0 Å². The van der Waals surface area contributed by atoms with E-state index in [1.165, 1.54) is 25.9 Å². The van der Waals surface area contributed by atoms with Gasteiger partial charge in [-0.25, -0.2) is 0 Å². The van der Waals surface area contributed by atoms with Crippen LogP contribution in [0.5, 0.6) is 0 Å². The normalized spacial score (nSPS) is 21.8. The maximum Gasteiger partial charge on any atom is 0.151 e. The second kappa shape index (κ2) is 6.24. The molecular weight excluding hydrogens is 252 g/mol. The Morgan fingerprint density at radius 3 is 2.70 bits per heavy atom. The van der Waals surface area contributed by atoms with Gasteiger partial charge >= 0.3 is 0 Å². The molecule has 0 aromatic carbocycles. The Labute approximate surface area is 121 Å². The van der Waals surface area contributed by atoms with Crippen LogP contribution in [-0.2, 0) is 13.1 Å². The first-order valence-corrected chi connectivity index (χ1v) is 7.85. The van der Waals surface area contributed by atoms with E-state index in [2.05, 4.69) is 40.2 Å². The Morgan fingerprint density at radius 2 is 2.05 bits per heavy atom. The summed E-state index contributed by atoms with van der Waals surface area (Å²) >= 11 is 0. The van der Waals surface area contributed by atoms with Crippen molar-refractivity contribution in [2.75, 3.05) is 26.2 Å². The number of hydrogen-bond donors (Lipinski definition) is 1. The molecule has 5 nitrogen and oxygen atoms in total. The fourth-order valence-electron chi connectivity index (χ4n) is 2.77. The van der Waals surface area contributed by atoms with Crippen LogP contribution in [0, 0.1) is 0 Å². The van der Waals surface area contributed by atoms with Gasteiger partial charge in [-0.05, 0) is 12.8 Å². The first kappa shape index (κ1) is 14.0. The maximum absolute atomic E-state index is 5.44. The van der Waals surface area contributed by atoms with Gasteiger partial charge in [0.1, 0.15) is 0 Å². The zero-order chi connectivity index (χ0) is 13.9. The smallest absolute Gasteiger partial charge is 0.151 e. The highest BCUT2D eigenvalue weighted by Gasteiger charge is 2.31. The third-order valence-corrected chi connectivity index (χ3v) is 4.15. The number of piperazine rings is 1. The van der Waals surface area contributed by atoms with Gasteiger partial charge in [-0.2, -0.15) is 0 Å². The van der Waals surface area contributed by atoms with Gasteiger partial charge in [0, 0.05) is 50.9 Å². The third kappa shape index (κ3) is 3.81. The summed E-state index contributed by atoms with van der Waals surface area (Å²) < 4.78 is 5.44. The van der Waals surface area contributed by atoms with E-state index in [0.29, 0.717) is 6.04 Å². The monoisotopic (exact) mass is 278 g/mol. The van der Waals surface area contributed by atoms with E-state index >= 15 is 0 Å². The predicted molar refractivity (Wildman–Crippen MR) is 78.4 cm³/mol. The Kier molecular flexibility index (Phi) is 4.38. The van der Waals surface area contributed by atoms with Crippen molar-refractivity contribution >= 4 is 0 Å². The van der Waals surface area contributed by atoms with Crippen molar-refractivity contribution in [3.05, 3.63) is 17.5 Å². The summed E-state index contributed by atoms with van der Waals surface area (Å²) in [4.78, 5) is 5.11. The lowest BCUT2D eigenvalue weighted by Crippen LogP contribution is -2.46. The van der Waals surface area contributed by atoms with Crippen LogP contribution in [0.1, 0.15) is 38.1 Å². The molecule has 1 aromatic rings. The molecule has 1 saturated carbocycles. The van der Waals surface area contributed by atoms with E-state index in [1.807, 2.05) is 0 Å². The van der Waals surface area contributed by atoms with Gasteiger partial charge in [-0.1, -0.05) is 19.0 Å². The van der Waals surface area contributed by atoms with Gasteiger partial charge in [-0.15, -0.1) is 0 Å². The number of aromatic nitrogens is 1. The van der Waals surface area contributed by atoms with Crippen molar-refractivity contribution in [1.82, 2.24) is 20.3 Å². The standard InChI is InChI=1S/C15H26N4O/c1-12(2)16-10-13-9-15(20-17-13)11-18-5-7-19(8-6-18)14-3-4-14/h9,12,14,16H,3-8,10-11H2,1-2H3. The first-order chi connectivity index (χ1) is 9.70. The van der Waals surface area contributed by atoms with E-state index < -0.39 is 0 Å². The van der Waals surface area contributed by atoms with Crippen LogP contribution in [0.4, 0.5) is 0 Å². The second-order valence-corrected chi connectivity index (χ2v) is 6.36. The lowest BCUT2D eigenvalue weighted by atomic mass is 10.2. The minimum Gasteiger partial charge on any atom is -0.360 e. The molecule has 2 fully saturated rings. The molecule has 1 saturated heterocycles. The molecule has 2 aliphatic rings. The molecule has 1 aliphatic carbocycles. The molecule has 1 aromatic heterocycles. The maximum atomic E-state index is 5.44. The van der Waals surface area contributed by atoms with E-state index in [4.69, 9.17) is 4.52 Å². The van der Waals surface area contributed by atoms with Crippen LogP contribution in [0.2, 0.25) is 0 Å². The molecule has 0 amide bonds. The predicted octanol–water partition coefficient (Wildman–Crippen LogP) is 1.45. The number of nitrogens with one attached hydrogen (secondary N) is 1. The summed E-state index contributed by atoms with van der Waals surface area (Å²) in [5, 5.41) is 7.49. The molecule has 20 heavy (non-hydrogen) atoms. The van der Waals surface area contributed by atoms with Gasteiger partial charge in [-0.3, -0.25) is 9.80 Å². The van der Waals surface area contributed by atoms with Crippen LogP contribution in [0.3, 0.4) is 0 Å². The van der Waals surface area contributed by atoms with Gasteiger partial charge in [0.15, 0.2) is 5.76 Å². The SMILES string of the molecule is CC(C)NCc1cc(CN2CCN(C3CC3)CC2)on1. The van der Waals surface area contributed by atoms with Crippen LogP contribution in [-0.4, -0.2) is 53.2 Å². The third-order valence-electron chi connectivity index (χ3n) is 4.15. The van der Waals surface area contributed by atoms with E-state index in [9.17, 15) is 0 Å². The first-order valence-electron chi connectivity index (χ1n) is 7.85. The molecular formula is C15H26N4O. The fraction of sp³-hybridized carbons (Fsp3) is 0.800. The van der Waals surface area contributed by atoms with Gasteiger partial charge in [0.25, 0.3) is 0 Å². The summed E-state index contributed by atoms with van der Waals surface area (Å²) in [6.45, 7) is 10.7. The summed E-state index contributed by atoms with van der Waals surface area (Å²) in [5.41, 5.74) is 1.00. The van der Waals surface area contributed by atoms with Gasteiger partial charge in [0.05, 0.1) is 12.2 Å². The lowest BCUT2D eigenvalue weighted by Gasteiger charge is -2.34. The molecule has 0 bridgehead atoms. The Hall–Kier alpha value is -0.910. The Balaban J connectivity index is 1.43. The highest BCUT2D eigenvalue weighted by atomic mass is 16.5. The van der Waals surface area contributed by atoms with Crippen LogP contribution in [0.15, 0.2) is 10.6 Å². The van der Waals surface area contributed by atoms with Crippen molar-refractivity contribution in [3.8, 4) is 0 Å². The van der Waals surface area contributed by atoms with Crippen LogP contribution in [0.25, 0.3) is 0 Å². The van der Waals surface area contributed by atoms with E-state index in [0.717, 1.165) is 43.7 Å². The summed E-state index contributed by atoms with van der Waals surface area (Å²) in [7, 11) is 0.